The Morgan fingerprint density at radius 2 is 2.26 bits per heavy atom. The van der Waals surface area contributed by atoms with E-state index in [2.05, 4.69) is 45.3 Å². The lowest BCUT2D eigenvalue weighted by Gasteiger charge is -2.27. The number of rotatable bonds is 5. The van der Waals surface area contributed by atoms with Gasteiger partial charge in [0, 0.05) is 18.7 Å². The number of benzene rings is 1. The smallest absolute Gasteiger partial charge is 0.340 e. The van der Waals surface area contributed by atoms with Crippen molar-refractivity contribution in [1.29, 1.82) is 0 Å². The van der Waals surface area contributed by atoms with Gasteiger partial charge in [0.1, 0.15) is 5.75 Å². The molecule has 2 aromatic heterocycles. The zero-order valence-electron chi connectivity index (χ0n) is 15.0. The second kappa shape index (κ2) is 7.80. The van der Waals surface area contributed by atoms with E-state index in [0.717, 1.165) is 12.2 Å². The van der Waals surface area contributed by atoms with Crippen molar-refractivity contribution in [3.05, 3.63) is 64.6 Å². The van der Waals surface area contributed by atoms with E-state index in [9.17, 15) is 4.79 Å². The fourth-order valence-electron chi connectivity index (χ4n) is 3.34. The first-order valence-electron chi connectivity index (χ1n) is 8.82. The van der Waals surface area contributed by atoms with E-state index in [0.29, 0.717) is 30.3 Å². The maximum atomic E-state index is 11.9. The number of esters is 1. The van der Waals surface area contributed by atoms with Gasteiger partial charge in [-0.25, -0.2) is 4.79 Å². The molecule has 1 aliphatic rings. The van der Waals surface area contributed by atoms with Gasteiger partial charge in [-0.1, -0.05) is 12.1 Å². The molecule has 1 aromatic carbocycles. The molecular formula is C21H20N2O3S. The van der Waals surface area contributed by atoms with Crippen LogP contribution < -0.4 is 10.1 Å². The number of aromatic nitrogens is 1. The summed E-state index contributed by atoms with van der Waals surface area (Å²) in [5, 5.41) is 7.58. The molecule has 4 rings (SSSR count). The van der Waals surface area contributed by atoms with Crippen molar-refractivity contribution in [2.75, 3.05) is 25.6 Å². The second-order valence-electron chi connectivity index (χ2n) is 6.39. The minimum Gasteiger partial charge on any atom is -0.493 e. The third-order valence-electron chi connectivity index (χ3n) is 4.80. The van der Waals surface area contributed by atoms with E-state index in [-0.39, 0.29) is 5.97 Å². The van der Waals surface area contributed by atoms with Crippen LogP contribution in [0.4, 0.5) is 5.69 Å². The average molecular weight is 380 g/mol. The third-order valence-corrected chi connectivity index (χ3v) is 5.48. The summed E-state index contributed by atoms with van der Waals surface area (Å²) in [5.74, 6) is 0.875. The number of hydrogen-bond acceptors (Lipinski definition) is 6. The van der Waals surface area contributed by atoms with E-state index < -0.39 is 0 Å². The molecule has 27 heavy (non-hydrogen) atoms. The van der Waals surface area contributed by atoms with Crippen LogP contribution in [0.3, 0.4) is 0 Å². The molecule has 0 saturated heterocycles. The maximum Gasteiger partial charge on any atom is 0.340 e. The number of hydrogen-bond donors (Lipinski definition) is 1. The predicted molar refractivity (Wildman–Crippen MR) is 107 cm³/mol. The van der Waals surface area contributed by atoms with E-state index >= 15 is 0 Å². The molecule has 5 nitrogen and oxygen atoms in total. The number of nitrogens with one attached hydrogen (secondary N) is 1. The molecule has 0 radical (unpaired) electrons. The van der Waals surface area contributed by atoms with E-state index in [1.165, 1.54) is 23.8 Å². The Kier molecular flexibility index (Phi) is 5.07. The number of nitrogens with zero attached hydrogens (tertiary/aromatic N) is 1. The zero-order chi connectivity index (χ0) is 18.6. The summed E-state index contributed by atoms with van der Waals surface area (Å²) in [6.45, 7) is 1.38. The van der Waals surface area contributed by atoms with Crippen molar-refractivity contribution in [2.24, 2.45) is 0 Å². The SMILES string of the molecule is COC(=O)c1ccncc1NC[C@H]1CCOc2cc(-c3ccsc3)ccc21. The van der Waals surface area contributed by atoms with Gasteiger partial charge in [-0.2, -0.15) is 11.3 Å². The van der Waals surface area contributed by atoms with E-state index in [1.807, 2.05) is 0 Å². The Morgan fingerprint density at radius 1 is 1.33 bits per heavy atom. The number of ether oxygens (including phenoxy) is 2. The van der Waals surface area contributed by atoms with Gasteiger partial charge in [0.25, 0.3) is 0 Å². The summed E-state index contributed by atoms with van der Waals surface area (Å²) in [4.78, 5) is 16.0. The molecule has 0 saturated carbocycles. The third kappa shape index (κ3) is 3.66. The van der Waals surface area contributed by atoms with Gasteiger partial charge in [0.05, 0.1) is 31.2 Å². The minimum atomic E-state index is -0.368. The Balaban J connectivity index is 1.53. The quantitative estimate of drug-likeness (QED) is 0.657. The van der Waals surface area contributed by atoms with Crippen molar-refractivity contribution in [2.45, 2.75) is 12.3 Å². The highest BCUT2D eigenvalue weighted by Gasteiger charge is 2.23. The molecule has 0 fully saturated rings. The Morgan fingerprint density at radius 3 is 3.07 bits per heavy atom. The number of carbonyl (C=O) groups excluding carboxylic acids is 1. The van der Waals surface area contributed by atoms with Crippen LogP contribution in [0, 0.1) is 0 Å². The van der Waals surface area contributed by atoms with Gasteiger partial charge < -0.3 is 14.8 Å². The number of anilines is 1. The predicted octanol–water partition coefficient (Wildman–Crippen LogP) is 4.57. The highest BCUT2D eigenvalue weighted by atomic mass is 32.1. The standard InChI is InChI=1S/C21H20N2O3S/c1-25-21(24)18-4-7-22-12-19(18)23-11-15-5-8-26-20-10-14(2-3-17(15)20)16-6-9-27-13-16/h2-4,6-7,9-10,12-13,15,23H,5,8,11H2,1H3/t15-/m1/s1. The van der Waals surface area contributed by atoms with Crippen LogP contribution in [0.2, 0.25) is 0 Å². The van der Waals surface area contributed by atoms with Crippen molar-refractivity contribution in [3.63, 3.8) is 0 Å². The van der Waals surface area contributed by atoms with Crippen molar-refractivity contribution in [1.82, 2.24) is 4.98 Å². The van der Waals surface area contributed by atoms with Crippen LogP contribution in [0.25, 0.3) is 11.1 Å². The molecule has 1 atom stereocenters. The molecule has 138 valence electrons. The van der Waals surface area contributed by atoms with E-state index in [4.69, 9.17) is 9.47 Å². The van der Waals surface area contributed by atoms with Crippen LogP contribution in [0.15, 0.2) is 53.5 Å². The lowest BCUT2D eigenvalue weighted by Crippen LogP contribution is -2.21. The van der Waals surface area contributed by atoms with Gasteiger partial charge in [-0.3, -0.25) is 4.98 Å². The molecule has 3 aromatic rings. The normalized spacial score (nSPS) is 15.5. The summed E-state index contributed by atoms with van der Waals surface area (Å²) in [5.41, 5.74) is 4.75. The average Bonchev–Trinajstić information content (AvgIpc) is 3.26. The highest BCUT2D eigenvalue weighted by molar-refractivity contribution is 7.08. The van der Waals surface area contributed by atoms with Crippen LogP contribution in [0.1, 0.15) is 28.3 Å². The fraction of sp³-hybridized carbons (Fsp3) is 0.238. The fourth-order valence-corrected chi connectivity index (χ4v) is 4.01. The van der Waals surface area contributed by atoms with Crippen LogP contribution in [-0.4, -0.2) is 31.2 Å². The van der Waals surface area contributed by atoms with Gasteiger partial charge in [0.2, 0.25) is 0 Å². The molecule has 3 heterocycles. The minimum absolute atomic E-state index is 0.302. The molecule has 0 aliphatic carbocycles. The number of pyridine rings is 1. The number of methoxy groups -OCH3 is 1. The summed E-state index contributed by atoms with van der Waals surface area (Å²) in [6, 6.07) is 10.2. The van der Waals surface area contributed by atoms with Crippen LogP contribution in [-0.2, 0) is 4.74 Å². The molecular weight excluding hydrogens is 360 g/mol. The van der Waals surface area contributed by atoms with Gasteiger partial charge >= 0.3 is 5.97 Å². The second-order valence-corrected chi connectivity index (χ2v) is 7.17. The van der Waals surface area contributed by atoms with Gasteiger partial charge in [0.15, 0.2) is 0 Å². The molecule has 6 heteroatoms. The maximum absolute atomic E-state index is 11.9. The number of thiophene rings is 1. The Labute approximate surface area is 162 Å². The largest absolute Gasteiger partial charge is 0.493 e. The topological polar surface area (TPSA) is 60.5 Å². The van der Waals surface area contributed by atoms with Crippen LogP contribution >= 0.6 is 11.3 Å². The lowest BCUT2D eigenvalue weighted by atomic mass is 9.91. The first-order valence-corrected chi connectivity index (χ1v) is 9.76. The Bertz CT molecular complexity index is 940. The van der Waals surface area contributed by atoms with E-state index in [1.54, 1.807) is 29.8 Å². The molecule has 1 aliphatic heterocycles. The van der Waals surface area contributed by atoms with Crippen molar-refractivity contribution in [3.8, 4) is 16.9 Å². The summed E-state index contributed by atoms with van der Waals surface area (Å²) in [6.07, 6.45) is 4.17. The summed E-state index contributed by atoms with van der Waals surface area (Å²) < 4.78 is 10.8. The van der Waals surface area contributed by atoms with Gasteiger partial charge in [-0.05, 0) is 52.1 Å². The van der Waals surface area contributed by atoms with Crippen molar-refractivity contribution >= 4 is 23.0 Å². The molecule has 0 unspecified atom stereocenters. The van der Waals surface area contributed by atoms with Crippen LogP contribution in [0.5, 0.6) is 5.75 Å². The molecule has 0 spiro atoms. The monoisotopic (exact) mass is 380 g/mol. The Hall–Kier alpha value is -2.86. The molecule has 1 N–H and O–H groups in total. The zero-order valence-corrected chi connectivity index (χ0v) is 15.8. The summed E-state index contributed by atoms with van der Waals surface area (Å²) in [7, 11) is 1.38. The highest BCUT2D eigenvalue weighted by Crippen LogP contribution is 2.37. The lowest BCUT2D eigenvalue weighted by molar-refractivity contribution is 0.0601. The number of carbonyl (C=O) groups is 1. The molecule has 0 amide bonds. The number of fused-ring (bicyclic) bond motifs is 1. The van der Waals surface area contributed by atoms with Gasteiger partial charge in [-0.15, -0.1) is 0 Å². The first-order chi connectivity index (χ1) is 13.3. The first kappa shape index (κ1) is 17.5. The van der Waals surface area contributed by atoms with Crippen molar-refractivity contribution < 1.29 is 14.3 Å². The summed E-state index contributed by atoms with van der Waals surface area (Å²) >= 11 is 1.69. The molecule has 0 bridgehead atoms.